The Morgan fingerprint density at radius 2 is 2.06 bits per heavy atom. The zero-order valence-corrected chi connectivity index (χ0v) is 10.1. The second kappa shape index (κ2) is 5.27. The van der Waals surface area contributed by atoms with Crippen molar-refractivity contribution in [3.63, 3.8) is 0 Å². The Hall–Kier alpha value is -1.75. The number of aryl methyl sites for hydroxylation is 1. The Morgan fingerprint density at radius 3 is 2.72 bits per heavy atom. The van der Waals surface area contributed by atoms with E-state index in [1.165, 1.54) is 6.07 Å². The van der Waals surface area contributed by atoms with Crippen molar-refractivity contribution in [2.75, 3.05) is 0 Å². The number of hydrogen-bond donors (Lipinski definition) is 1. The summed E-state index contributed by atoms with van der Waals surface area (Å²) in [5, 5.41) is 4.16. The van der Waals surface area contributed by atoms with Gasteiger partial charge in [-0.3, -0.25) is 4.68 Å². The molecule has 0 saturated carbocycles. The number of hydrogen-bond acceptors (Lipinski definition) is 2. The molecule has 0 amide bonds. The van der Waals surface area contributed by atoms with Crippen molar-refractivity contribution < 1.29 is 8.78 Å². The van der Waals surface area contributed by atoms with Gasteiger partial charge in [0.05, 0.1) is 12.2 Å². The zero-order chi connectivity index (χ0) is 13.1. The monoisotopic (exact) mass is 251 g/mol. The van der Waals surface area contributed by atoms with Crippen molar-refractivity contribution in [2.45, 2.75) is 25.9 Å². The highest BCUT2D eigenvalue weighted by Crippen LogP contribution is 2.20. The van der Waals surface area contributed by atoms with Crippen molar-refractivity contribution in [1.29, 1.82) is 0 Å². The van der Waals surface area contributed by atoms with Crippen LogP contribution in [0.2, 0.25) is 0 Å². The lowest BCUT2D eigenvalue weighted by molar-refractivity contribution is 0.506. The fraction of sp³-hybridized carbons (Fsp3) is 0.308. The average Bonchev–Trinajstić information content (AvgIpc) is 2.81. The molecule has 2 N–H and O–H groups in total. The van der Waals surface area contributed by atoms with Crippen molar-refractivity contribution in [3.8, 4) is 0 Å². The van der Waals surface area contributed by atoms with Crippen LogP contribution >= 0.6 is 0 Å². The summed E-state index contributed by atoms with van der Waals surface area (Å²) < 4.78 is 27.8. The largest absolute Gasteiger partial charge is 0.320 e. The van der Waals surface area contributed by atoms with Gasteiger partial charge in [-0.25, -0.2) is 8.78 Å². The highest BCUT2D eigenvalue weighted by molar-refractivity contribution is 5.29. The lowest BCUT2D eigenvalue weighted by Gasteiger charge is -2.10. The Balaban J connectivity index is 2.23. The summed E-state index contributed by atoms with van der Waals surface area (Å²) in [6.07, 6.45) is 4.46. The van der Waals surface area contributed by atoms with Crippen LogP contribution in [-0.4, -0.2) is 9.78 Å². The van der Waals surface area contributed by atoms with Gasteiger partial charge < -0.3 is 5.73 Å². The minimum Gasteiger partial charge on any atom is -0.320 e. The number of halogens is 2. The highest BCUT2D eigenvalue weighted by atomic mass is 19.2. The molecular weight excluding hydrogens is 236 g/mol. The van der Waals surface area contributed by atoms with Gasteiger partial charge >= 0.3 is 0 Å². The SMILES string of the molecule is CCCn1cc(C(N)c2ccc(F)c(F)c2)cn1. The summed E-state index contributed by atoms with van der Waals surface area (Å²) in [6.45, 7) is 2.86. The predicted octanol–water partition coefficient (Wildman–Crippen LogP) is 2.62. The number of aromatic nitrogens is 2. The van der Waals surface area contributed by atoms with E-state index in [-0.39, 0.29) is 0 Å². The van der Waals surface area contributed by atoms with Crippen LogP contribution in [0.15, 0.2) is 30.6 Å². The standard InChI is InChI=1S/C13H15F2N3/c1-2-5-18-8-10(7-17-18)13(16)9-3-4-11(14)12(15)6-9/h3-4,6-8,13H,2,5,16H2,1H3. The normalized spacial score (nSPS) is 12.7. The second-order valence-electron chi connectivity index (χ2n) is 4.19. The Kier molecular flexibility index (Phi) is 3.72. The average molecular weight is 251 g/mol. The molecule has 2 aromatic rings. The van der Waals surface area contributed by atoms with Crippen molar-refractivity contribution in [3.05, 3.63) is 53.4 Å². The maximum Gasteiger partial charge on any atom is 0.159 e. The van der Waals surface area contributed by atoms with Gasteiger partial charge in [0, 0.05) is 18.3 Å². The van der Waals surface area contributed by atoms with Crippen LogP contribution in [0.4, 0.5) is 8.78 Å². The van der Waals surface area contributed by atoms with Gasteiger partial charge in [-0.05, 0) is 24.1 Å². The molecule has 1 aromatic carbocycles. The molecule has 5 heteroatoms. The van der Waals surface area contributed by atoms with Gasteiger partial charge in [-0.1, -0.05) is 13.0 Å². The molecule has 0 bridgehead atoms. The van der Waals surface area contributed by atoms with Crippen molar-refractivity contribution >= 4 is 0 Å². The topological polar surface area (TPSA) is 43.8 Å². The Labute approximate surface area is 104 Å². The van der Waals surface area contributed by atoms with Crippen LogP contribution in [0.5, 0.6) is 0 Å². The summed E-state index contributed by atoms with van der Waals surface area (Å²) in [5.41, 5.74) is 7.32. The van der Waals surface area contributed by atoms with Gasteiger partial charge in [-0.2, -0.15) is 5.10 Å². The quantitative estimate of drug-likeness (QED) is 0.907. The Morgan fingerprint density at radius 1 is 1.28 bits per heavy atom. The molecule has 1 heterocycles. The molecule has 18 heavy (non-hydrogen) atoms. The maximum atomic E-state index is 13.1. The van der Waals surface area contributed by atoms with Crippen molar-refractivity contribution in [2.24, 2.45) is 5.73 Å². The van der Waals surface area contributed by atoms with E-state index in [9.17, 15) is 8.78 Å². The number of benzene rings is 1. The van der Waals surface area contributed by atoms with Gasteiger partial charge in [0.2, 0.25) is 0 Å². The summed E-state index contributed by atoms with van der Waals surface area (Å²) in [4.78, 5) is 0. The van der Waals surface area contributed by atoms with Crippen LogP contribution in [0.1, 0.15) is 30.5 Å². The zero-order valence-electron chi connectivity index (χ0n) is 10.1. The van der Waals surface area contributed by atoms with Gasteiger partial charge in [0.1, 0.15) is 0 Å². The van der Waals surface area contributed by atoms with Crippen LogP contribution in [0, 0.1) is 11.6 Å². The number of nitrogens with zero attached hydrogens (tertiary/aromatic N) is 2. The van der Waals surface area contributed by atoms with Gasteiger partial charge in [-0.15, -0.1) is 0 Å². The van der Waals surface area contributed by atoms with Gasteiger partial charge in [0.25, 0.3) is 0 Å². The molecule has 0 aliphatic rings. The first-order valence-electron chi connectivity index (χ1n) is 5.84. The third-order valence-corrected chi connectivity index (χ3v) is 2.77. The molecular formula is C13H15F2N3. The molecule has 2 rings (SSSR count). The Bertz CT molecular complexity index is 537. The van der Waals surface area contributed by atoms with Crippen molar-refractivity contribution in [1.82, 2.24) is 9.78 Å². The summed E-state index contributed by atoms with van der Waals surface area (Å²) in [6, 6.07) is 3.20. The fourth-order valence-electron chi connectivity index (χ4n) is 1.79. The smallest absolute Gasteiger partial charge is 0.159 e. The van der Waals surface area contributed by atoms with E-state index in [1.807, 2.05) is 6.20 Å². The lowest BCUT2D eigenvalue weighted by atomic mass is 10.0. The molecule has 0 saturated heterocycles. The molecule has 96 valence electrons. The van der Waals surface area contributed by atoms with E-state index in [2.05, 4.69) is 12.0 Å². The van der Waals surface area contributed by atoms with E-state index in [0.717, 1.165) is 30.7 Å². The summed E-state index contributed by atoms with van der Waals surface area (Å²) in [7, 11) is 0. The predicted molar refractivity (Wildman–Crippen MR) is 64.9 cm³/mol. The molecule has 0 aliphatic carbocycles. The number of nitrogens with two attached hydrogens (primary N) is 1. The molecule has 0 fully saturated rings. The summed E-state index contributed by atoms with van der Waals surface area (Å²) >= 11 is 0. The van der Waals surface area contributed by atoms with Gasteiger partial charge in [0.15, 0.2) is 11.6 Å². The highest BCUT2D eigenvalue weighted by Gasteiger charge is 2.13. The van der Waals surface area contributed by atoms with Crippen LogP contribution in [-0.2, 0) is 6.54 Å². The minimum atomic E-state index is -0.885. The first-order valence-corrected chi connectivity index (χ1v) is 5.84. The third-order valence-electron chi connectivity index (χ3n) is 2.77. The van der Waals surface area contributed by atoms with E-state index in [1.54, 1.807) is 10.9 Å². The molecule has 0 aliphatic heterocycles. The molecule has 0 radical (unpaired) electrons. The molecule has 1 atom stereocenters. The number of rotatable bonds is 4. The van der Waals surface area contributed by atoms with E-state index >= 15 is 0 Å². The molecule has 1 aromatic heterocycles. The van der Waals surface area contributed by atoms with Crippen LogP contribution in [0.3, 0.4) is 0 Å². The molecule has 0 spiro atoms. The first kappa shape index (κ1) is 12.7. The molecule has 3 nitrogen and oxygen atoms in total. The van der Waals surface area contributed by atoms with E-state index in [4.69, 9.17) is 5.73 Å². The fourth-order valence-corrected chi connectivity index (χ4v) is 1.79. The van der Waals surface area contributed by atoms with Crippen LogP contribution < -0.4 is 5.73 Å². The summed E-state index contributed by atoms with van der Waals surface area (Å²) in [5.74, 6) is -1.75. The molecule has 1 unspecified atom stereocenters. The maximum absolute atomic E-state index is 13.1. The van der Waals surface area contributed by atoms with E-state index < -0.39 is 17.7 Å². The lowest BCUT2D eigenvalue weighted by Crippen LogP contribution is -2.11. The second-order valence-corrected chi connectivity index (χ2v) is 4.19. The minimum absolute atomic E-state index is 0.495. The third kappa shape index (κ3) is 2.56. The van der Waals surface area contributed by atoms with Crippen LogP contribution in [0.25, 0.3) is 0 Å². The first-order chi connectivity index (χ1) is 8.61. The van der Waals surface area contributed by atoms with E-state index in [0.29, 0.717) is 5.56 Å².